The SMILES string of the molecule is N[C@@H](CCF)c1cc(F)ccc1F. The second-order valence-corrected chi connectivity index (χ2v) is 2.75. The van der Waals surface area contributed by atoms with Crippen molar-refractivity contribution in [3.05, 3.63) is 35.4 Å². The molecular weight excluding hydrogens is 179 g/mol. The van der Waals surface area contributed by atoms with Gasteiger partial charge in [-0.05, 0) is 24.6 Å². The van der Waals surface area contributed by atoms with Crippen LogP contribution in [0.25, 0.3) is 0 Å². The fourth-order valence-corrected chi connectivity index (χ4v) is 1.07. The third-order valence-corrected chi connectivity index (χ3v) is 1.78. The first-order valence-corrected chi connectivity index (χ1v) is 3.91. The quantitative estimate of drug-likeness (QED) is 0.775. The first-order valence-electron chi connectivity index (χ1n) is 3.91. The van der Waals surface area contributed by atoms with E-state index in [0.29, 0.717) is 0 Å². The molecule has 0 saturated carbocycles. The van der Waals surface area contributed by atoms with Crippen molar-refractivity contribution in [2.45, 2.75) is 12.5 Å². The van der Waals surface area contributed by atoms with Gasteiger partial charge in [-0.25, -0.2) is 8.78 Å². The molecule has 72 valence electrons. The molecule has 1 aromatic carbocycles. The summed E-state index contributed by atoms with van der Waals surface area (Å²) < 4.78 is 37.5. The molecule has 0 aromatic heterocycles. The lowest BCUT2D eigenvalue weighted by Crippen LogP contribution is -2.13. The molecular formula is C9H10F3N. The third-order valence-electron chi connectivity index (χ3n) is 1.78. The van der Waals surface area contributed by atoms with Crippen LogP contribution in [0.3, 0.4) is 0 Å². The first kappa shape index (κ1) is 10.1. The van der Waals surface area contributed by atoms with Gasteiger partial charge in [-0.2, -0.15) is 0 Å². The highest BCUT2D eigenvalue weighted by Crippen LogP contribution is 2.18. The first-order chi connectivity index (χ1) is 6.15. The molecule has 0 bridgehead atoms. The number of halogens is 3. The van der Waals surface area contributed by atoms with Crippen LogP contribution in [0.1, 0.15) is 18.0 Å². The van der Waals surface area contributed by atoms with E-state index in [1.165, 1.54) is 0 Å². The van der Waals surface area contributed by atoms with Gasteiger partial charge in [0.1, 0.15) is 11.6 Å². The lowest BCUT2D eigenvalue weighted by Gasteiger charge is -2.10. The van der Waals surface area contributed by atoms with Gasteiger partial charge in [-0.1, -0.05) is 0 Å². The molecule has 1 nitrogen and oxygen atoms in total. The number of hydrogen-bond acceptors (Lipinski definition) is 1. The Morgan fingerprint density at radius 1 is 1.31 bits per heavy atom. The van der Waals surface area contributed by atoms with Crippen LogP contribution in [-0.4, -0.2) is 6.67 Å². The second-order valence-electron chi connectivity index (χ2n) is 2.75. The standard InChI is InChI=1S/C9H10F3N/c10-4-3-9(13)7-5-6(11)1-2-8(7)12/h1-2,5,9H,3-4,13H2/t9-/m0/s1. The molecule has 0 fully saturated rings. The van der Waals surface area contributed by atoms with Gasteiger partial charge in [0.25, 0.3) is 0 Å². The summed E-state index contributed by atoms with van der Waals surface area (Å²) in [6.45, 7) is -0.642. The average molecular weight is 189 g/mol. The van der Waals surface area contributed by atoms with E-state index in [1.54, 1.807) is 0 Å². The van der Waals surface area contributed by atoms with Gasteiger partial charge in [0.2, 0.25) is 0 Å². The van der Waals surface area contributed by atoms with Crippen LogP contribution in [0.15, 0.2) is 18.2 Å². The fraction of sp³-hybridized carbons (Fsp3) is 0.333. The maximum absolute atomic E-state index is 13.0. The van der Waals surface area contributed by atoms with Crippen molar-refractivity contribution >= 4 is 0 Å². The number of nitrogens with two attached hydrogens (primary N) is 1. The molecule has 0 aliphatic carbocycles. The molecule has 4 heteroatoms. The summed E-state index contributed by atoms with van der Waals surface area (Å²) in [6, 6.07) is 2.21. The van der Waals surface area contributed by atoms with Crippen LogP contribution < -0.4 is 5.73 Å². The monoisotopic (exact) mass is 189 g/mol. The van der Waals surface area contributed by atoms with Crippen molar-refractivity contribution in [2.75, 3.05) is 6.67 Å². The van der Waals surface area contributed by atoms with Gasteiger partial charge in [0.15, 0.2) is 0 Å². The normalized spacial score (nSPS) is 12.9. The Hall–Kier alpha value is -1.03. The smallest absolute Gasteiger partial charge is 0.128 e. The van der Waals surface area contributed by atoms with Crippen LogP contribution >= 0.6 is 0 Å². The van der Waals surface area contributed by atoms with Gasteiger partial charge in [-0.15, -0.1) is 0 Å². The summed E-state index contributed by atoms with van der Waals surface area (Å²) in [5.41, 5.74) is 5.45. The zero-order valence-electron chi connectivity index (χ0n) is 6.93. The van der Waals surface area contributed by atoms with Crippen LogP contribution in [0.5, 0.6) is 0 Å². The molecule has 0 amide bonds. The summed E-state index contributed by atoms with van der Waals surface area (Å²) in [7, 11) is 0. The Bertz CT molecular complexity index is 288. The average Bonchev–Trinajstić information content (AvgIpc) is 2.09. The minimum Gasteiger partial charge on any atom is -0.324 e. The van der Waals surface area contributed by atoms with E-state index >= 15 is 0 Å². The molecule has 0 aliphatic rings. The summed E-state index contributed by atoms with van der Waals surface area (Å²) in [6.07, 6.45) is 0.000370. The van der Waals surface area contributed by atoms with Crippen molar-refractivity contribution < 1.29 is 13.2 Å². The van der Waals surface area contributed by atoms with Crippen molar-refractivity contribution in [2.24, 2.45) is 5.73 Å². The summed E-state index contributed by atoms with van der Waals surface area (Å²) >= 11 is 0. The Kier molecular flexibility index (Phi) is 3.31. The Morgan fingerprint density at radius 2 is 2.00 bits per heavy atom. The molecule has 1 aromatic rings. The maximum atomic E-state index is 13.0. The molecule has 2 N–H and O–H groups in total. The van der Waals surface area contributed by atoms with E-state index in [4.69, 9.17) is 5.73 Å². The molecule has 1 rings (SSSR count). The Balaban J connectivity index is 2.91. The van der Waals surface area contributed by atoms with E-state index in [9.17, 15) is 13.2 Å². The van der Waals surface area contributed by atoms with Gasteiger partial charge >= 0.3 is 0 Å². The second kappa shape index (κ2) is 4.28. The number of hydrogen-bond donors (Lipinski definition) is 1. The molecule has 13 heavy (non-hydrogen) atoms. The lowest BCUT2D eigenvalue weighted by molar-refractivity contribution is 0.434. The highest BCUT2D eigenvalue weighted by atomic mass is 19.1. The van der Waals surface area contributed by atoms with Crippen molar-refractivity contribution in [3.8, 4) is 0 Å². The largest absolute Gasteiger partial charge is 0.324 e. The summed E-state index contributed by atoms with van der Waals surface area (Å²) in [4.78, 5) is 0. The van der Waals surface area contributed by atoms with E-state index in [1.807, 2.05) is 0 Å². The molecule has 0 saturated heterocycles. The van der Waals surface area contributed by atoms with Crippen LogP contribution in [0.4, 0.5) is 13.2 Å². The number of benzene rings is 1. The molecule has 0 spiro atoms. The fourth-order valence-electron chi connectivity index (χ4n) is 1.07. The molecule has 0 heterocycles. The van der Waals surface area contributed by atoms with Gasteiger partial charge in [0.05, 0.1) is 6.67 Å². The highest BCUT2D eigenvalue weighted by molar-refractivity contribution is 5.21. The van der Waals surface area contributed by atoms with E-state index in [0.717, 1.165) is 18.2 Å². The zero-order chi connectivity index (χ0) is 9.84. The zero-order valence-corrected chi connectivity index (χ0v) is 6.93. The Morgan fingerprint density at radius 3 is 2.62 bits per heavy atom. The van der Waals surface area contributed by atoms with Crippen molar-refractivity contribution in [1.82, 2.24) is 0 Å². The summed E-state index contributed by atoms with van der Waals surface area (Å²) in [5, 5.41) is 0. The maximum Gasteiger partial charge on any atom is 0.128 e. The van der Waals surface area contributed by atoms with Gasteiger partial charge in [0, 0.05) is 11.6 Å². The van der Waals surface area contributed by atoms with Crippen LogP contribution in [0, 0.1) is 11.6 Å². The van der Waals surface area contributed by atoms with Gasteiger partial charge < -0.3 is 5.73 Å². The Labute approximate surface area is 74.4 Å². The minimum atomic E-state index is -0.777. The molecule has 0 aliphatic heterocycles. The lowest BCUT2D eigenvalue weighted by atomic mass is 10.0. The predicted octanol–water partition coefficient (Wildman–Crippen LogP) is 2.32. The number of alkyl halides is 1. The van der Waals surface area contributed by atoms with Gasteiger partial charge in [-0.3, -0.25) is 4.39 Å². The van der Waals surface area contributed by atoms with E-state index in [-0.39, 0.29) is 12.0 Å². The van der Waals surface area contributed by atoms with Crippen molar-refractivity contribution in [1.29, 1.82) is 0 Å². The van der Waals surface area contributed by atoms with Crippen molar-refractivity contribution in [3.63, 3.8) is 0 Å². The van der Waals surface area contributed by atoms with E-state index < -0.39 is 24.4 Å². The molecule has 1 atom stereocenters. The predicted molar refractivity (Wildman–Crippen MR) is 43.9 cm³/mol. The summed E-state index contributed by atoms with van der Waals surface area (Å²) in [5.74, 6) is -1.16. The highest BCUT2D eigenvalue weighted by Gasteiger charge is 2.11. The molecule has 0 unspecified atom stereocenters. The number of rotatable bonds is 3. The van der Waals surface area contributed by atoms with Crippen LogP contribution in [0.2, 0.25) is 0 Å². The van der Waals surface area contributed by atoms with E-state index in [2.05, 4.69) is 0 Å². The third kappa shape index (κ3) is 2.45. The topological polar surface area (TPSA) is 26.0 Å². The minimum absolute atomic E-state index is 0.000370. The molecule has 0 radical (unpaired) electrons. The van der Waals surface area contributed by atoms with Crippen LogP contribution in [-0.2, 0) is 0 Å².